The number of anilines is 1. The summed E-state index contributed by atoms with van der Waals surface area (Å²) >= 11 is 3.41. The van der Waals surface area contributed by atoms with E-state index in [2.05, 4.69) is 59.9 Å². The molecule has 1 aromatic rings. The zero-order valence-electron chi connectivity index (χ0n) is 16.9. The van der Waals surface area contributed by atoms with Crippen molar-refractivity contribution in [2.75, 3.05) is 71.4 Å². The van der Waals surface area contributed by atoms with E-state index < -0.39 is 0 Å². The smallest absolute Gasteiger partial charge is 0.232 e. The first kappa shape index (κ1) is 23.4. The normalized spacial score (nSPS) is 20.9. The molecular weight excluding hydrogens is 537 g/mol. The Morgan fingerprint density at radius 2 is 2.07 bits per heavy atom. The molecule has 0 radical (unpaired) electrons. The van der Waals surface area contributed by atoms with Crippen LogP contribution >= 0.6 is 39.9 Å². The van der Waals surface area contributed by atoms with Crippen molar-refractivity contribution in [3.8, 4) is 5.88 Å². The third kappa shape index (κ3) is 6.06. The van der Waals surface area contributed by atoms with Crippen LogP contribution in [0.5, 0.6) is 5.88 Å². The number of ether oxygens (including phenoxy) is 1. The molecule has 1 N–H and O–H groups in total. The predicted octanol–water partition coefficient (Wildman–Crippen LogP) is 1.90. The highest BCUT2D eigenvalue weighted by molar-refractivity contribution is 14.0. The van der Waals surface area contributed by atoms with Crippen LogP contribution in [-0.4, -0.2) is 92.2 Å². The third-order valence-corrected chi connectivity index (χ3v) is 5.62. The molecule has 2 aliphatic heterocycles. The molecule has 2 saturated heterocycles. The van der Waals surface area contributed by atoms with Crippen LogP contribution in [0.2, 0.25) is 0 Å². The molecule has 1 unspecified atom stereocenters. The van der Waals surface area contributed by atoms with E-state index in [0.717, 1.165) is 56.2 Å². The molecule has 1 aromatic heterocycles. The Balaban J connectivity index is 0.00000280. The Labute approximate surface area is 193 Å². The monoisotopic (exact) mass is 567 g/mol. The fourth-order valence-corrected chi connectivity index (χ4v) is 3.93. The molecule has 0 bridgehead atoms. The van der Waals surface area contributed by atoms with Gasteiger partial charge in [0.05, 0.1) is 17.8 Å². The van der Waals surface area contributed by atoms with Crippen LogP contribution in [0.4, 0.5) is 5.95 Å². The molecule has 0 spiro atoms. The number of guanidine groups is 1. The van der Waals surface area contributed by atoms with E-state index in [-0.39, 0.29) is 24.0 Å². The summed E-state index contributed by atoms with van der Waals surface area (Å²) in [5.74, 6) is 2.99. The van der Waals surface area contributed by atoms with Crippen LogP contribution in [0.3, 0.4) is 0 Å². The zero-order chi connectivity index (χ0) is 19.2. The molecule has 10 heteroatoms. The molecule has 0 aliphatic carbocycles. The number of likely N-dealkylation sites (tertiary alicyclic amines) is 1. The first-order valence-electron chi connectivity index (χ1n) is 9.64. The second-order valence-corrected chi connectivity index (χ2v) is 7.97. The maximum absolute atomic E-state index is 5.29. The van der Waals surface area contributed by atoms with E-state index in [4.69, 9.17) is 9.73 Å². The maximum Gasteiger partial charge on any atom is 0.232 e. The molecule has 28 heavy (non-hydrogen) atoms. The van der Waals surface area contributed by atoms with Gasteiger partial charge in [0.15, 0.2) is 5.96 Å². The van der Waals surface area contributed by atoms with Gasteiger partial charge in [-0.3, -0.25) is 4.99 Å². The van der Waals surface area contributed by atoms with Crippen LogP contribution < -0.4 is 15.0 Å². The van der Waals surface area contributed by atoms with Gasteiger partial charge in [-0.15, -0.1) is 24.0 Å². The highest BCUT2D eigenvalue weighted by Crippen LogP contribution is 2.24. The van der Waals surface area contributed by atoms with E-state index >= 15 is 0 Å². The first-order valence-corrected chi connectivity index (χ1v) is 10.4. The minimum Gasteiger partial charge on any atom is -0.480 e. The SMILES string of the molecule is CCNC(=NCC1CCN(C)C1)N1CCN(c2ncc(Br)c(OC)n2)CC1.I. The van der Waals surface area contributed by atoms with Gasteiger partial charge in [-0.05, 0) is 48.8 Å². The average molecular weight is 568 g/mol. The summed E-state index contributed by atoms with van der Waals surface area (Å²) < 4.78 is 6.06. The number of hydrogen-bond donors (Lipinski definition) is 1. The van der Waals surface area contributed by atoms with Crippen molar-refractivity contribution in [1.29, 1.82) is 0 Å². The zero-order valence-corrected chi connectivity index (χ0v) is 20.8. The molecule has 0 saturated carbocycles. The lowest BCUT2D eigenvalue weighted by Gasteiger charge is -2.36. The molecule has 3 heterocycles. The molecule has 0 amide bonds. The van der Waals surface area contributed by atoms with Crippen molar-refractivity contribution in [3.05, 3.63) is 10.7 Å². The quantitative estimate of drug-likeness (QED) is 0.331. The number of nitrogens with one attached hydrogen (secondary N) is 1. The second-order valence-electron chi connectivity index (χ2n) is 7.11. The Kier molecular flexibility index (Phi) is 9.48. The van der Waals surface area contributed by atoms with Gasteiger partial charge < -0.3 is 24.8 Å². The minimum atomic E-state index is 0. The van der Waals surface area contributed by atoms with Crippen LogP contribution in [0.15, 0.2) is 15.7 Å². The average Bonchev–Trinajstić information content (AvgIpc) is 3.11. The van der Waals surface area contributed by atoms with Crippen molar-refractivity contribution in [1.82, 2.24) is 25.1 Å². The van der Waals surface area contributed by atoms with Gasteiger partial charge in [-0.1, -0.05) is 0 Å². The lowest BCUT2D eigenvalue weighted by atomic mass is 10.1. The number of aliphatic imine (C=N–C) groups is 1. The fourth-order valence-electron chi connectivity index (χ4n) is 3.57. The number of methoxy groups -OCH3 is 1. The lowest BCUT2D eigenvalue weighted by molar-refractivity contribution is 0.363. The Hall–Kier alpha value is -0.880. The lowest BCUT2D eigenvalue weighted by Crippen LogP contribution is -2.53. The van der Waals surface area contributed by atoms with Crippen molar-refractivity contribution in [3.63, 3.8) is 0 Å². The largest absolute Gasteiger partial charge is 0.480 e. The standard InChI is InChI=1S/C18H30BrN7O.HI/c1-4-20-17(21-11-14-5-6-24(2)13-14)25-7-9-26(10-8-25)18-22-12-15(19)16(23-18)27-3;/h12,14H,4-11,13H2,1-3H3,(H,20,21);1H. The predicted molar refractivity (Wildman–Crippen MR) is 127 cm³/mol. The number of nitrogens with zero attached hydrogens (tertiary/aromatic N) is 6. The molecule has 0 aromatic carbocycles. The van der Waals surface area contributed by atoms with Crippen LogP contribution in [-0.2, 0) is 0 Å². The molecule has 2 fully saturated rings. The number of halogens is 2. The van der Waals surface area contributed by atoms with Crippen LogP contribution in [0.25, 0.3) is 0 Å². The van der Waals surface area contributed by atoms with E-state index in [1.165, 1.54) is 13.0 Å². The molecule has 2 aliphatic rings. The minimum absolute atomic E-state index is 0. The third-order valence-electron chi connectivity index (χ3n) is 5.08. The Bertz CT molecular complexity index is 655. The van der Waals surface area contributed by atoms with Crippen molar-refractivity contribution < 1.29 is 4.74 Å². The summed E-state index contributed by atoms with van der Waals surface area (Å²) in [6, 6.07) is 0. The van der Waals surface area contributed by atoms with Crippen LogP contribution in [0, 0.1) is 5.92 Å². The van der Waals surface area contributed by atoms with E-state index in [0.29, 0.717) is 17.7 Å². The van der Waals surface area contributed by atoms with Crippen LogP contribution in [0.1, 0.15) is 13.3 Å². The summed E-state index contributed by atoms with van der Waals surface area (Å²) in [5.41, 5.74) is 0. The first-order chi connectivity index (χ1) is 13.1. The van der Waals surface area contributed by atoms with Gasteiger partial charge in [0.2, 0.25) is 11.8 Å². The molecule has 158 valence electrons. The van der Waals surface area contributed by atoms with Gasteiger partial charge in [-0.25, -0.2) is 4.98 Å². The maximum atomic E-state index is 5.29. The molecule has 1 atom stereocenters. The topological polar surface area (TPSA) is 69.1 Å². The van der Waals surface area contributed by atoms with Gasteiger partial charge in [0.25, 0.3) is 0 Å². The molecular formula is C18H31BrIN7O. The summed E-state index contributed by atoms with van der Waals surface area (Å²) in [6.45, 7) is 9.78. The van der Waals surface area contributed by atoms with E-state index in [9.17, 15) is 0 Å². The Morgan fingerprint density at radius 1 is 1.32 bits per heavy atom. The Morgan fingerprint density at radius 3 is 2.68 bits per heavy atom. The van der Waals surface area contributed by atoms with Gasteiger partial charge in [-0.2, -0.15) is 4.98 Å². The van der Waals surface area contributed by atoms with Gasteiger partial charge in [0.1, 0.15) is 0 Å². The molecule has 3 rings (SSSR count). The number of aromatic nitrogens is 2. The number of rotatable bonds is 5. The molecule has 8 nitrogen and oxygen atoms in total. The summed E-state index contributed by atoms with van der Waals surface area (Å²) in [5, 5.41) is 3.45. The second kappa shape index (κ2) is 11.3. The fraction of sp³-hybridized carbons (Fsp3) is 0.722. The van der Waals surface area contributed by atoms with Crippen molar-refractivity contribution in [2.45, 2.75) is 13.3 Å². The van der Waals surface area contributed by atoms with Crippen molar-refractivity contribution >= 4 is 51.8 Å². The van der Waals surface area contributed by atoms with Gasteiger partial charge in [0, 0.05) is 45.8 Å². The highest BCUT2D eigenvalue weighted by Gasteiger charge is 2.23. The number of hydrogen-bond acceptors (Lipinski definition) is 6. The summed E-state index contributed by atoms with van der Waals surface area (Å²) in [7, 11) is 3.81. The van der Waals surface area contributed by atoms with E-state index in [1.54, 1.807) is 13.3 Å². The van der Waals surface area contributed by atoms with Crippen molar-refractivity contribution in [2.24, 2.45) is 10.9 Å². The van der Waals surface area contributed by atoms with Gasteiger partial charge >= 0.3 is 0 Å². The highest BCUT2D eigenvalue weighted by atomic mass is 127. The number of piperazine rings is 1. The van der Waals surface area contributed by atoms with E-state index in [1.807, 2.05) is 0 Å². The summed E-state index contributed by atoms with van der Waals surface area (Å²) in [6.07, 6.45) is 2.99. The summed E-state index contributed by atoms with van der Waals surface area (Å²) in [4.78, 5) is 20.8.